The van der Waals surface area contributed by atoms with Gasteiger partial charge in [0.2, 0.25) is 5.91 Å². The number of carboxylic acid groups (broad SMARTS) is 1. The van der Waals surface area contributed by atoms with Crippen LogP contribution in [0.3, 0.4) is 0 Å². The summed E-state index contributed by atoms with van der Waals surface area (Å²) in [7, 11) is 0. The van der Waals surface area contributed by atoms with Crippen molar-refractivity contribution in [1.29, 1.82) is 0 Å². The minimum absolute atomic E-state index is 0.0438. The standard InChI is InChI=1S/C11H19NO3/c1-7(2)5-9-8(6-11(14)15)3-4-10(13)12-9/h7-9H,3-6H2,1-2H3,(H,12,13)(H,14,15)/t8-,9-/m0/s1. The molecule has 0 aromatic heterocycles. The van der Waals surface area contributed by atoms with Crippen LogP contribution in [0.1, 0.15) is 39.5 Å². The first-order valence-electron chi connectivity index (χ1n) is 5.50. The molecule has 4 nitrogen and oxygen atoms in total. The molecule has 15 heavy (non-hydrogen) atoms. The van der Waals surface area contributed by atoms with Gasteiger partial charge in [-0.2, -0.15) is 0 Å². The second-order valence-corrected chi connectivity index (χ2v) is 4.70. The smallest absolute Gasteiger partial charge is 0.303 e. The predicted octanol–water partition coefficient (Wildman–Crippen LogP) is 1.40. The third kappa shape index (κ3) is 3.90. The van der Waals surface area contributed by atoms with Gasteiger partial charge in [0.25, 0.3) is 0 Å². The van der Waals surface area contributed by atoms with Gasteiger partial charge in [0.15, 0.2) is 0 Å². The Hall–Kier alpha value is -1.06. The molecular formula is C11H19NO3. The van der Waals surface area contributed by atoms with Crippen LogP contribution in [0.25, 0.3) is 0 Å². The Morgan fingerprint density at radius 2 is 2.27 bits per heavy atom. The zero-order chi connectivity index (χ0) is 11.4. The van der Waals surface area contributed by atoms with E-state index in [0.29, 0.717) is 18.8 Å². The number of rotatable bonds is 4. The molecule has 0 unspecified atom stereocenters. The van der Waals surface area contributed by atoms with E-state index in [-0.39, 0.29) is 24.3 Å². The Morgan fingerprint density at radius 1 is 1.60 bits per heavy atom. The SMILES string of the molecule is CC(C)C[C@@H]1NC(=O)CC[C@H]1CC(=O)O. The van der Waals surface area contributed by atoms with Crippen molar-refractivity contribution in [2.75, 3.05) is 0 Å². The third-order valence-electron chi connectivity index (χ3n) is 2.82. The highest BCUT2D eigenvalue weighted by Gasteiger charge is 2.30. The van der Waals surface area contributed by atoms with Gasteiger partial charge in [-0.1, -0.05) is 13.8 Å². The van der Waals surface area contributed by atoms with Gasteiger partial charge in [-0.25, -0.2) is 0 Å². The van der Waals surface area contributed by atoms with Crippen LogP contribution in [-0.2, 0) is 9.59 Å². The molecule has 1 saturated heterocycles. The van der Waals surface area contributed by atoms with E-state index in [1.54, 1.807) is 0 Å². The van der Waals surface area contributed by atoms with Gasteiger partial charge in [0, 0.05) is 12.5 Å². The highest BCUT2D eigenvalue weighted by atomic mass is 16.4. The highest BCUT2D eigenvalue weighted by molar-refractivity contribution is 5.77. The molecule has 1 aliphatic rings. The van der Waals surface area contributed by atoms with Crippen LogP contribution < -0.4 is 5.32 Å². The van der Waals surface area contributed by atoms with E-state index in [9.17, 15) is 9.59 Å². The Bertz CT molecular complexity index is 250. The minimum Gasteiger partial charge on any atom is -0.481 e. The van der Waals surface area contributed by atoms with Gasteiger partial charge in [-0.05, 0) is 24.7 Å². The normalized spacial score (nSPS) is 26.5. The molecule has 2 N–H and O–H groups in total. The van der Waals surface area contributed by atoms with Gasteiger partial charge in [0.1, 0.15) is 0 Å². The molecular weight excluding hydrogens is 194 g/mol. The zero-order valence-corrected chi connectivity index (χ0v) is 9.32. The molecule has 0 saturated carbocycles. The van der Waals surface area contributed by atoms with Crippen molar-refractivity contribution >= 4 is 11.9 Å². The number of hydrogen-bond donors (Lipinski definition) is 2. The molecule has 0 bridgehead atoms. The predicted molar refractivity (Wildman–Crippen MR) is 56.4 cm³/mol. The second kappa shape index (κ2) is 5.14. The molecule has 0 spiro atoms. The van der Waals surface area contributed by atoms with Crippen LogP contribution in [0.5, 0.6) is 0 Å². The van der Waals surface area contributed by atoms with Crippen molar-refractivity contribution in [3.8, 4) is 0 Å². The molecule has 1 amide bonds. The van der Waals surface area contributed by atoms with E-state index < -0.39 is 5.97 Å². The zero-order valence-electron chi connectivity index (χ0n) is 9.32. The average molecular weight is 213 g/mol. The molecule has 1 rings (SSSR count). The molecule has 0 aliphatic carbocycles. The summed E-state index contributed by atoms with van der Waals surface area (Å²) in [5.41, 5.74) is 0. The van der Waals surface area contributed by atoms with Gasteiger partial charge >= 0.3 is 5.97 Å². The number of carbonyl (C=O) groups excluding carboxylic acids is 1. The monoisotopic (exact) mass is 213 g/mol. The molecule has 0 radical (unpaired) electrons. The van der Waals surface area contributed by atoms with Crippen molar-refractivity contribution in [3.05, 3.63) is 0 Å². The van der Waals surface area contributed by atoms with Crippen LogP contribution in [0, 0.1) is 11.8 Å². The quantitative estimate of drug-likeness (QED) is 0.741. The van der Waals surface area contributed by atoms with E-state index in [0.717, 1.165) is 6.42 Å². The molecule has 4 heteroatoms. The summed E-state index contributed by atoms with van der Waals surface area (Å²) in [6, 6.07) is 0.0438. The van der Waals surface area contributed by atoms with Crippen LogP contribution in [0.2, 0.25) is 0 Å². The fourth-order valence-corrected chi connectivity index (χ4v) is 2.14. The summed E-state index contributed by atoms with van der Waals surface area (Å²) < 4.78 is 0. The van der Waals surface area contributed by atoms with Crippen molar-refractivity contribution in [2.45, 2.75) is 45.6 Å². The molecule has 1 fully saturated rings. The molecule has 1 aliphatic heterocycles. The first-order chi connectivity index (χ1) is 6.99. The van der Waals surface area contributed by atoms with E-state index in [1.165, 1.54) is 0 Å². The largest absolute Gasteiger partial charge is 0.481 e. The summed E-state index contributed by atoms with van der Waals surface area (Å²) >= 11 is 0. The number of piperidine rings is 1. The van der Waals surface area contributed by atoms with Crippen LogP contribution in [0.4, 0.5) is 0 Å². The lowest BCUT2D eigenvalue weighted by Gasteiger charge is -2.32. The van der Waals surface area contributed by atoms with Crippen LogP contribution >= 0.6 is 0 Å². The first kappa shape index (κ1) is 12.0. The number of nitrogens with one attached hydrogen (secondary N) is 1. The highest BCUT2D eigenvalue weighted by Crippen LogP contribution is 2.25. The van der Waals surface area contributed by atoms with Gasteiger partial charge in [0.05, 0.1) is 6.42 Å². The maximum absolute atomic E-state index is 11.2. The molecule has 0 aromatic carbocycles. The number of carbonyl (C=O) groups is 2. The summed E-state index contributed by atoms with van der Waals surface area (Å²) in [5, 5.41) is 11.7. The van der Waals surface area contributed by atoms with E-state index in [1.807, 2.05) is 0 Å². The topological polar surface area (TPSA) is 66.4 Å². The lowest BCUT2D eigenvalue weighted by molar-refractivity contribution is -0.139. The Morgan fingerprint density at radius 3 is 2.80 bits per heavy atom. The third-order valence-corrected chi connectivity index (χ3v) is 2.82. The van der Waals surface area contributed by atoms with Gasteiger partial charge in [-0.15, -0.1) is 0 Å². The number of hydrogen-bond acceptors (Lipinski definition) is 2. The fraction of sp³-hybridized carbons (Fsp3) is 0.818. The van der Waals surface area contributed by atoms with Crippen molar-refractivity contribution in [3.63, 3.8) is 0 Å². The molecule has 2 atom stereocenters. The van der Waals surface area contributed by atoms with E-state index in [2.05, 4.69) is 19.2 Å². The maximum Gasteiger partial charge on any atom is 0.303 e. The lowest BCUT2D eigenvalue weighted by atomic mass is 9.83. The second-order valence-electron chi connectivity index (χ2n) is 4.70. The lowest BCUT2D eigenvalue weighted by Crippen LogP contribution is -2.46. The van der Waals surface area contributed by atoms with Crippen molar-refractivity contribution in [1.82, 2.24) is 5.32 Å². The summed E-state index contributed by atoms with van der Waals surface area (Å²) in [4.78, 5) is 21.9. The van der Waals surface area contributed by atoms with Crippen LogP contribution in [0.15, 0.2) is 0 Å². The Balaban J connectivity index is 2.57. The molecule has 0 aromatic rings. The summed E-state index contributed by atoms with van der Waals surface area (Å²) in [5.74, 6) is -0.139. The van der Waals surface area contributed by atoms with Crippen molar-refractivity contribution < 1.29 is 14.7 Å². The first-order valence-corrected chi connectivity index (χ1v) is 5.50. The Labute approximate surface area is 90.0 Å². The average Bonchev–Trinajstić information content (AvgIpc) is 2.08. The molecule has 86 valence electrons. The number of amides is 1. The minimum atomic E-state index is -0.773. The van der Waals surface area contributed by atoms with E-state index in [4.69, 9.17) is 5.11 Å². The summed E-state index contributed by atoms with van der Waals surface area (Å²) in [6.07, 6.45) is 2.20. The maximum atomic E-state index is 11.2. The Kier molecular flexibility index (Phi) is 4.12. The number of aliphatic carboxylic acids is 1. The summed E-state index contributed by atoms with van der Waals surface area (Å²) in [6.45, 7) is 4.16. The van der Waals surface area contributed by atoms with Crippen molar-refractivity contribution in [2.24, 2.45) is 11.8 Å². The van der Waals surface area contributed by atoms with E-state index >= 15 is 0 Å². The molecule has 1 heterocycles. The van der Waals surface area contributed by atoms with Gasteiger partial charge < -0.3 is 10.4 Å². The van der Waals surface area contributed by atoms with Gasteiger partial charge in [-0.3, -0.25) is 9.59 Å². The van der Waals surface area contributed by atoms with Crippen LogP contribution in [-0.4, -0.2) is 23.0 Å². The fourth-order valence-electron chi connectivity index (χ4n) is 2.14. The number of carboxylic acids is 1.